The zero-order valence-corrected chi connectivity index (χ0v) is 10.5. The van der Waals surface area contributed by atoms with Crippen LogP contribution in [0.15, 0.2) is 6.20 Å². The number of rotatable bonds is 6. The molecule has 7 heteroatoms. The summed E-state index contributed by atoms with van der Waals surface area (Å²) in [5.74, 6) is 0. The van der Waals surface area contributed by atoms with E-state index < -0.39 is 12.8 Å². The van der Waals surface area contributed by atoms with Crippen LogP contribution in [0, 0.1) is 0 Å². The summed E-state index contributed by atoms with van der Waals surface area (Å²) >= 11 is 1.36. The van der Waals surface area contributed by atoms with Gasteiger partial charge in [-0.3, -0.25) is 0 Å². The first kappa shape index (κ1) is 14.4. The molecule has 0 saturated heterocycles. The van der Waals surface area contributed by atoms with Gasteiger partial charge in [-0.05, 0) is 0 Å². The summed E-state index contributed by atoms with van der Waals surface area (Å²) in [6.45, 7) is 3.40. The van der Waals surface area contributed by atoms with Crippen molar-refractivity contribution in [3.63, 3.8) is 0 Å². The molecule has 0 aliphatic rings. The van der Waals surface area contributed by atoms with Crippen LogP contribution in [0.2, 0.25) is 0 Å². The van der Waals surface area contributed by atoms with Crippen LogP contribution in [0.25, 0.3) is 0 Å². The highest BCUT2D eigenvalue weighted by atomic mass is 32.1. The number of ether oxygens (including phenoxy) is 1. The third kappa shape index (κ3) is 6.60. The first-order chi connectivity index (χ1) is 7.87. The van der Waals surface area contributed by atoms with Gasteiger partial charge in [0.1, 0.15) is 11.6 Å². The third-order valence-electron chi connectivity index (χ3n) is 1.78. The number of alkyl halides is 3. The standard InChI is InChI=1S/C10H15F3N2OS/c1-7(2)14-3-8-4-15-9(17-8)5-16-6-10(11,12)13/h4,7,14H,3,5-6H2,1-2H3. The van der Waals surface area contributed by atoms with E-state index in [1.54, 1.807) is 6.20 Å². The molecule has 0 radical (unpaired) electrons. The van der Waals surface area contributed by atoms with E-state index in [0.29, 0.717) is 17.6 Å². The highest BCUT2D eigenvalue weighted by Crippen LogP contribution is 2.18. The minimum atomic E-state index is -4.28. The maximum atomic E-state index is 11.8. The first-order valence-electron chi connectivity index (χ1n) is 5.18. The van der Waals surface area contributed by atoms with Gasteiger partial charge in [0, 0.05) is 23.7 Å². The Bertz CT molecular complexity index is 339. The average molecular weight is 268 g/mol. The van der Waals surface area contributed by atoms with E-state index in [-0.39, 0.29) is 6.61 Å². The van der Waals surface area contributed by atoms with E-state index in [1.165, 1.54) is 11.3 Å². The lowest BCUT2D eigenvalue weighted by Gasteiger charge is -2.05. The molecule has 0 bridgehead atoms. The number of hydrogen-bond acceptors (Lipinski definition) is 4. The van der Waals surface area contributed by atoms with Crippen LogP contribution in [-0.2, 0) is 17.9 Å². The maximum Gasteiger partial charge on any atom is 0.411 e. The fraction of sp³-hybridized carbons (Fsp3) is 0.700. The molecule has 0 unspecified atom stereocenters. The Labute approximate surface area is 102 Å². The van der Waals surface area contributed by atoms with Crippen molar-refractivity contribution in [2.45, 2.75) is 39.2 Å². The molecule has 1 aromatic rings. The summed E-state index contributed by atoms with van der Waals surface area (Å²) in [7, 11) is 0. The van der Waals surface area contributed by atoms with E-state index >= 15 is 0 Å². The van der Waals surface area contributed by atoms with Crippen molar-refractivity contribution in [2.24, 2.45) is 0 Å². The quantitative estimate of drug-likeness (QED) is 0.861. The molecule has 1 aromatic heterocycles. The molecule has 17 heavy (non-hydrogen) atoms. The molecule has 0 fully saturated rings. The molecule has 0 aliphatic carbocycles. The summed E-state index contributed by atoms with van der Waals surface area (Å²) in [6.07, 6.45) is -2.62. The van der Waals surface area contributed by atoms with E-state index in [4.69, 9.17) is 0 Å². The summed E-state index contributed by atoms with van der Waals surface area (Å²) in [5, 5.41) is 3.77. The van der Waals surface area contributed by atoms with Crippen molar-refractivity contribution in [2.75, 3.05) is 6.61 Å². The van der Waals surface area contributed by atoms with Gasteiger partial charge in [-0.1, -0.05) is 13.8 Å². The topological polar surface area (TPSA) is 34.2 Å². The normalized spacial score (nSPS) is 12.4. The van der Waals surface area contributed by atoms with Crippen LogP contribution in [0.1, 0.15) is 23.7 Å². The Hall–Kier alpha value is -0.660. The summed E-state index contributed by atoms with van der Waals surface area (Å²) < 4.78 is 40.0. The molecular weight excluding hydrogens is 253 g/mol. The van der Waals surface area contributed by atoms with Gasteiger partial charge < -0.3 is 10.1 Å². The summed E-state index contributed by atoms with van der Waals surface area (Å²) in [4.78, 5) is 4.99. The molecule has 0 amide bonds. The molecule has 3 nitrogen and oxygen atoms in total. The Morgan fingerprint density at radius 3 is 2.76 bits per heavy atom. The largest absolute Gasteiger partial charge is 0.411 e. The average Bonchev–Trinajstić information content (AvgIpc) is 2.61. The van der Waals surface area contributed by atoms with Crippen LogP contribution in [0.5, 0.6) is 0 Å². The van der Waals surface area contributed by atoms with Crippen molar-refractivity contribution < 1.29 is 17.9 Å². The number of aromatic nitrogens is 1. The van der Waals surface area contributed by atoms with Crippen molar-refractivity contribution >= 4 is 11.3 Å². The van der Waals surface area contributed by atoms with Gasteiger partial charge >= 0.3 is 6.18 Å². The van der Waals surface area contributed by atoms with Crippen LogP contribution in [0.3, 0.4) is 0 Å². The lowest BCUT2D eigenvalue weighted by Crippen LogP contribution is -2.21. The second kappa shape index (κ2) is 6.32. The third-order valence-corrected chi connectivity index (χ3v) is 2.75. The van der Waals surface area contributed by atoms with Crippen LogP contribution in [0.4, 0.5) is 13.2 Å². The van der Waals surface area contributed by atoms with Crippen LogP contribution >= 0.6 is 11.3 Å². The van der Waals surface area contributed by atoms with Crippen molar-refractivity contribution in [1.82, 2.24) is 10.3 Å². The molecule has 98 valence electrons. The van der Waals surface area contributed by atoms with E-state index in [1.807, 2.05) is 13.8 Å². The second-order valence-electron chi connectivity index (χ2n) is 3.86. The maximum absolute atomic E-state index is 11.8. The zero-order valence-electron chi connectivity index (χ0n) is 9.67. The predicted molar refractivity (Wildman–Crippen MR) is 59.8 cm³/mol. The Kier molecular flexibility index (Phi) is 5.35. The fourth-order valence-corrected chi connectivity index (χ4v) is 1.87. The molecular formula is C10H15F3N2OS. The fourth-order valence-electron chi connectivity index (χ4n) is 1.06. The molecule has 1 rings (SSSR count). The number of thiazole rings is 1. The lowest BCUT2D eigenvalue weighted by atomic mass is 10.4. The van der Waals surface area contributed by atoms with Gasteiger partial charge in [0.25, 0.3) is 0 Å². The highest BCUT2D eigenvalue weighted by Gasteiger charge is 2.27. The minimum Gasteiger partial charge on any atom is -0.365 e. The van der Waals surface area contributed by atoms with Gasteiger partial charge in [0.05, 0.1) is 6.61 Å². The van der Waals surface area contributed by atoms with Crippen LogP contribution in [-0.4, -0.2) is 23.8 Å². The first-order valence-corrected chi connectivity index (χ1v) is 6.00. The summed E-state index contributed by atoms with van der Waals surface area (Å²) in [6, 6.07) is 0.363. The Morgan fingerprint density at radius 2 is 2.18 bits per heavy atom. The molecule has 0 saturated carbocycles. The number of nitrogens with one attached hydrogen (secondary N) is 1. The van der Waals surface area contributed by atoms with Gasteiger partial charge in [-0.15, -0.1) is 11.3 Å². The monoisotopic (exact) mass is 268 g/mol. The van der Waals surface area contributed by atoms with Crippen molar-refractivity contribution in [1.29, 1.82) is 0 Å². The molecule has 0 aromatic carbocycles. The molecule has 0 atom stereocenters. The van der Waals surface area contributed by atoms with E-state index in [2.05, 4.69) is 15.0 Å². The van der Waals surface area contributed by atoms with Crippen molar-refractivity contribution in [3.05, 3.63) is 16.1 Å². The van der Waals surface area contributed by atoms with Gasteiger partial charge in [-0.2, -0.15) is 13.2 Å². The van der Waals surface area contributed by atoms with Crippen LogP contribution < -0.4 is 5.32 Å². The number of hydrogen-bond donors (Lipinski definition) is 1. The number of halogens is 3. The van der Waals surface area contributed by atoms with E-state index in [0.717, 1.165) is 4.88 Å². The van der Waals surface area contributed by atoms with Gasteiger partial charge in [0.2, 0.25) is 0 Å². The van der Waals surface area contributed by atoms with Gasteiger partial charge in [-0.25, -0.2) is 4.98 Å². The Balaban J connectivity index is 2.31. The smallest absolute Gasteiger partial charge is 0.365 e. The summed E-state index contributed by atoms with van der Waals surface area (Å²) in [5.41, 5.74) is 0. The number of nitrogens with zero attached hydrogens (tertiary/aromatic N) is 1. The molecule has 0 aliphatic heterocycles. The predicted octanol–water partition coefficient (Wildman–Crippen LogP) is 2.72. The van der Waals surface area contributed by atoms with E-state index in [9.17, 15) is 13.2 Å². The SMILES string of the molecule is CC(C)NCc1cnc(COCC(F)(F)F)s1. The Morgan fingerprint density at radius 1 is 1.47 bits per heavy atom. The lowest BCUT2D eigenvalue weighted by molar-refractivity contribution is -0.176. The second-order valence-corrected chi connectivity index (χ2v) is 5.06. The van der Waals surface area contributed by atoms with Crippen molar-refractivity contribution in [3.8, 4) is 0 Å². The molecule has 1 N–H and O–H groups in total. The zero-order chi connectivity index (χ0) is 12.9. The highest BCUT2D eigenvalue weighted by molar-refractivity contribution is 7.11. The molecule has 1 heterocycles. The molecule has 0 spiro atoms. The van der Waals surface area contributed by atoms with Gasteiger partial charge in [0.15, 0.2) is 0 Å². The minimum absolute atomic E-state index is 0.0914.